The number of ether oxygens (including phenoxy) is 5. The first kappa shape index (κ1) is 18.3. The van der Waals surface area contributed by atoms with Gasteiger partial charge in [0.15, 0.2) is 23.0 Å². The lowest BCUT2D eigenvalue weighted by atomic mass is 10.1. The molecule has 6 nitrogen and oxygen atoms in total. The van der Waals surface area contributed by atoms with Crippen molar-refractivity contribution < 1.29 is 28.8 Å². The highest BCUT2D eigenvalue weighted by Crippen LogP contribution is 2.41. The molecule has 0 saturated carbocycles. The number of rotatable bonds is 7. The van der Waals surface area contributed by atoms with E-state index in [4.69, 9.17) is 23.7 Å². The molecule has 134 valence electrons. The minimum Gasteiger partial charge on any atom is -0.504 e. The van der Waals surface area contributed by atoms with Gasteiger partial charge in [-0.2, -0.15) is 0 Å². The molecule has 0 radical (unpaired) electrons. The molecule has 25 heavy (non-hydrogen) atoms. The Morgan fingerprint density at radius 3 is 1.72 bits per heavy atom. The van der Waals surface area contributed by atoms with E-state index in [0.717, 1.165) is 5.56 Å². The van der Waals surface area contributed by atoms with E-state index in [0.29, 0.717) is 28.6 Å². The summed E-state index contributed by atoms with van der Waals surface area (Å²) in [6, 6.07) is 7.10. The standard InChI is InChI=1S/C19H22O6/c1-21-14-9-8-13(17(20)19(14)25-5)7-6-12-10-15(22-2)18(24-4)16(11-12)23-3/h6-11,20H,1-5H3/b7-6-. The Hall–Kier alpha value is -3.02. The number of benzene rings is 2. The molecule has 0 aliphatic heterocycles. The molecule has 2 aromatic carbocycles. The summed E-state index contributed by atoms with van der Waals surface area (Å²) in [5.74, 6) is 2.39. The summed E-state index contributed by atoms with van der Waals surface area (Å²) in [4.78, 5) is 0. The molecule has 0 aliphatic carbocycles. The molecule has 2 aromatic rings. The van der Waals surface area contributed by atoms with Crippen molar-refractivity contribution in [1.82, 2.24) is 0 Å². The maximum Gasteiger partial charge on any atom is 0.203 e. The zero-order chi connectivity index (χ0) is 18.4. The quantitative estimate of drug-likeness (QED) is 0.773. The summed E-state index contributed by atoms with van der Waals surface area (Å²) in [7, 11) is 7.67. The number of phenols is 1. The molecule has 0 heterocycles. The Bertz CT molecular complexity index is 742. The minimum absolute atomic E-state index is 0.00513. The van der Waals surface area contributed by atoms with Crippen molar-refractivity contribution in [2.75, 3.05) is 35.5 Å². The van der Waals surface area contributed by atoms with Crippen molar-refractivity contribution in [3.8, 4) is 34.5 Å². The Labute approximate surface area is 147 Å². The predicted octanol–water partition coefficient (Wildman–Crippen LogP) is 3.61. The van der Waals surface area contributed by atoms with Gasteiger partial charge in [0.1, 0.15) is 0 Å². The largest absolute Gasteiger partial charge is 0.504 e. The Morgan fingerprint density at radius 2 is 1.24 bits per heavy atom. The van der Waals surface area contributed by atoms with Crippen LogP contribution in [0.15, 0.2) is 24.3 Å². The molecule has 6 heteroatoms. The number of hydrogen-bond donors (Lipinski definition) is 1. The van der Waals surface area contributed by atoms with Crippen molar-refractivity contribution in [3.05, 3.63) is 35.4 Å². The van der Waals surface area contributed by atoms with E-state index in [1.807, 2.05) is 18.2 Å². The van der Waals surface area contributed by atoms with Crippen molar-refractivity contribution >= 4 is 12.2 Å². The molecule has 0 aromatic heterocycles. The van der Waals surface area contributed by atoms with E-state index < -0.39 is 0 Å². The third kappa shape index (κ3) is 3.74. The van der Waals surface area contributed by atoms with Crippen LogP contribution >= 0.6 is 0 Å². The van der Waals surface area contributed by atoms with E-state index in [1.165, 1.54) is 14.2 Å². The fourth-order valence-electron chi connectivity index (χ4n) is 2.44. The smallest absolute Gasteiger partial charge is 0.203 e. The fourth-order valence-corrected chi connectivity index (χ4v) is 2.44. The van der Waals surface area contributed by atoms with Gasteiger partial charge in [-0.25, -0.2) is 0 Å². The lowest BCUT2D eigenvalue weighted by Crippen LogP contribution is -1.95. The monoisotopic (exact) mass is 346 g/mol. The highest BCUT2D eigenvalue weighted by molar-refractivity contribution is 5.77. The van der Waals surface area contributed by atoms with Crippen LogP contribution in [0.25, 0.3) is 12.2 Å². The van der Waals surface area contributed by atoms with Crippen molar-refractivity contribution in [1.29, 1.82) is 0 Å². The van der Waals surface area contributed by atoms with Crippen LogP contribution in [-0.4, -0.2) is 40.7 Å². The van der Waals surface area contributed by atoms with E-state index in [9.17, 15) is 5.11 Å². The van der Waals surface area contributed by atoms with Crippen LogP contribution in [-0.2, 0) is 0 Å². The van der Waals surface area contributed by atoms with E-state index >= 15 is 0 Å². The molecule has 0 saturated heterocycles. The first-order valence-corrected chi connectivity index (χ1v) is 7.51. The van der Waals surface area contributed by atoms with Gasteiger partial charge < -0.3 is 28.8 Å². The van der Waals surface area contributed by atoms with E-state index in [-0.39, 0.29) is 11.5 Å². The normalized spacial score (nSPS) is 10.6. The summed E-state index contributed by atoms with van der Waals surface area (Å²) in [5, 5.41) is 10.3. The molecule has 2 rings (SSSR count). The van der Waals surface area contributed by atoms with Gasteiger partial charge in [-0.1, -0.05) is 12.2 Å². The van der Waals surface area contributed by atoms with Crippen LogP contribution in [0.2, 0.25) is 0 Å². The van der Waals surface area contributed by atoms with Gasteiger partial charge in [0.2, 0.25) is 11.5 Å². The lowest BCUT2D eigenvalue weighted by Gasteiger charge is -2.13. The van der Waals surface area contributed by atoms with E-state index in [2.05, 4.69) is 0 Å². The molecule has 1 N–H and O–H groups in total. The van der Waals surface area contributed by atoms with Crippen LogP contribution in [0.5, 0.6) is 34.5 Å². The molecule has 0 atom stereocenters. The second-order valence-electron chi connectivity index (χ2n) is 5.03. The summed E-state index contributed by atoms with van der Waals surface area (Å²) in [6.45, 7) is 0. The maximum absolute atomic E-state index is 10.3. The fraction of sp³-hybridized carbons (Fsp3) is 0.263. The third-order valence-corrected chi connectivity index (χ3v) is 3.69. The van der Waals surface area contributed by atoms with Gasteiger partial charge in [-0.15, -0.1) is 0 Å². The van der Waals surface area contributed by atoms with E-state index in [1.54, 1.807) is 39.5 Å². The van der Waals surface area contributed by atoms with Gasteiger partial charge in [0, 0.05) is 5.56 Å². The first-order chi connectivity index (χ1) is 12.1. The van der Waals surface area contributed by atoms with Crippen molar-refractivity contribution in [2.24, 2.45) is 0 Å². The van der Waals surface area contributed by atoms with Gasteiger partial charge in [-0.05, 0) is 29.8 Å². The number of methoxy groups -OCH3 is 5. The lowest BCUT2D eigenvalue weighted by molar-refractivity contribution is 0.324. The number of aromatic hydroxyl groups is 1. The van der Waals surface area contributed by atoms with Gasteiger partial charge in [0.05, 0.1) is 35.5 Å². The van der Waals surface area contributed by atoms with Crippen LogP contribution in [0.3, 0.4) is 0 Å². The van der Waals surface area contributed by atoms with Crippen LogP contribution in [0.4, 0.5) is 0 Å². The number of phenolic OH excluding ortho intramolecular Hbond substituents is 1. The van der Waals surface area contributed by atoms with Gasteiger partial charge in [0.25, 0.3) is 0 Å². The molecule has 0 bridgehead atoms. The summed E-state index contributed by atoms with van der Waals surface area (Å²) in [5.41, 5.74) is 1.41. The molecular formula is C19H22O6. The number of hydrogen-bond acceptors (Lipinski definition) is 6. The summed E-state index contributed by atoms with van der Waals surface area (Å²) >= 11 is 0. The molecule has 0 spiro atoms. The Kier molecular flexibility index (Phi) is 6.00. The zero-order valence-corrected chi connectivity index (χ0v) is 15.0. The maximum atomic E-state index is 10.3. The van der Waals surface area contributed by atoms with Gasteiger partial charge >= 0.3 is 0 Å². The molecule has 0 amide bonds. The Balaban J connectivity index is 2.43. The van der Waals surface area contributed by atoms with Crippen molar-refractivity contribution in [2.45, 2.75) is 0 Å². The molecule has 0 fully saturated rings. The molecular weight excluding hydrogens is 324 g/mol. The predicted molar refractivity (Wildman–Crippen MR) is 96.2 cm³/mol. The second-order valence-corrected chi connectivity index (χ2v) is 5.03. The molecule has 0 aliphatic rings. The third-order valence-electron chi connectivity index (χ3n) is 3.69. The van der Waals surface area contributed by atoms with Gasteiger partial charge in [-0.3, -0.25) is 0 Å². The SMILES string of the molecule is COc1cc(/C=C\c2ccc(OC)c(OC)c2O)cc(OC)c1OC. The summed E-state index contributed by atoms with van der Waals surface area (Å²) in [6.07, 6.45) is 3.59. The average molecular weight is 346 g/mol. The zero-order valence-electron chi connectivity index (χ0n) is 15.0. The highest BCUT2D eigenvalue weighted by Gasteiger charge is 2.14. The van der Waals surface area contributed by atoms with Crippen molar-refractivity contribution in [3.63, 3.8) is 0 Å². The second kappa shape index (κ2) is 8.19. The first-order valence-electron chi connectivity index (χ1n) is 7.51. The minimum atomic E-state index is 0.00513. The molecule has 0 unspecified atom stereocenters. The topological polar surface area (TPSA) is 66.4 Å². The average Bonchev–Trinajstić information content (AvgIpc) is 2.65. The van der Waals surface area contributed by atoms with Crippen LogP contribution in [0, 0.1) is 0 Å². The van der Waals surface area contributed by atoms with Crippen LogP contribution < -0.4 is 23.7 Å². The Morgan fingerprint density at radius 1 is 0.680 bits per heavy atom. The van der Waals surface area contributed by atoms with Crippen LogP contribution in [0.1, 0.15) is 11.1 Å². The summed E-state index contributed by atoms with van der Waals surface area (Å²) < 4.78 is 26.3. The highest BCUT2D eigenvalue weighted by atomic mass is 16.5.